The monoisotopic (exact) mass is 524 g/mol. The van der Waals surface area contributed by atoms with Crippen LogP contribution in [0.4, 0.5) is 0 Å². The zero-order valence-corrected chi connectivity index (χ0v) is 21.3. The minimum Gasteiger partial charge on any atom is -0.508 e. The van der Waals surface area contributed by atoms with Crippen molar-refractivity contribution >= 4 is 23.7 Å². The van der Waals surface area contributed by atoms with E-state index in [1.165, 1.54) is 12.1 Å². The summed E-state index contributed by atoms with van der Waals surface area (Å²) in [4.78, 5) is 50.4. The average Bonchev–Trinajstić information content (AvgIpc) is 2.89. The highest BCUT2D eigenvalue weighted by atomic mass is 16.4. The Bertz CT molecular complexity index is 1120. The molecule has 1 heterocycles. The van der Waals surface area contributed by atoms with E-state index in [1.807, 2.05) is 0 Å². The van der Waals surface area contributed by atoms with Crippen molar-refractivity contribution in [2.45, 2.75) is 76.0 Å². The SMILES string of the molecule is N[C@H]1CCCCCC[C@@H](C(=O)NCc2ccccc2CC(=O)O)NC(=O)[C@H](Cc2ccc(O)cc2)NC1=O. The number of amides is 3. The van der Waals surface area contributed by atoms with Crippen LogP contribution in [0.1, 0.15) is 55.2 Å². The molecule has 1 fully saturated rings. The van der Waals surface area contributed by atoms with Crippen molar-refractivity contribution in [1.82, 2.24) is 16.0 Å². The Morgan fingerprint density at radius 3 is 2.24 bits per heavy atom. The number of rotatable bonds is 7. The summed E-state index contributed by atoms with van der Waals surface area (Å²) in [6, 6.07) is 10.8. The Labute approximate surface area is 222 Å². The lowest BCUT2D eigenvalue weighted by atomic mass is 10.0. The molecule has 0 saturated carbocycles. The van der Waals surface area contributed by atoms with Gasteiger partial charge in [0.1, 0.15) is 17.8 Å². The Hall–Kier alpha value is -3.92. The van der Waals surface area contributed by atoms with Crippen molar-refractivity contribution in [2.24, 2.45) is 5.73 Å². The molecule has 0 aromatic heterocycles. The fourth-order valence-electron chi connectivity index (χ4n) is 4.47. The highest BCUT2D eigenvalue weighted by Crippen LogP contribution is 2.15. The number of carboxylic acids is 1. The largest absolute Gasteiger partial charge is 0.508 e. The Balaban J connectivity index is 1.75. The highest BCUT2D eigenvalue weighted by Gasteiger charge is 2.28. The lowest BCUT2D eigenvalue weighted by molar-refractivity contribution is -0.136. The normalized spacial score (nSPS) is 21.1. The summed E-state index contributed by atoms with van der Waals surface area (Å²) in [5, 5.41) is 27.1. The Morgan fingerprint density at radius 1 is 0.895 bits per heavy atom. The number of phenols is 1. The smallest absolute Gasteiger partial charge is 0.307 e. The predicted octanol–water partition coefficient (Wildman–Crippen LogP) is 1.53. The standard InChI is InChI=1S/C28H36N4O6/c29-22-9-3-1-2-4-10-23(27(37)30-17-20-8-6-5-7-19(20)16-25(34)35)31-28(38)24(32-26(22)36)15-18-11-13-21(33)14-12-18/h5-8,11-14,22-24,33H,1-4,9-10,15-17,29H2,(H,30,37)(H,31,38)(H,32,36)(H,34,35)/t22-,23-,24-/m0/s1. The molecular weight excluding hydrogens is 488 g/mol. The summed E-state index contributed by atoms with van der Waals surface area (Å²) < 4.78 is 0. The zero-order chi connectivity index (χ0) is 27.5. The molecule has 0 spiro atoms. The second-order valence-corrected chi connectivity index (χ2v) is 9.65. The molecule has 2 aromatic carbocycles. The van der Waals surface area contributed by atoms with E-state index in [-0.39, 0.29) is 31.0 Å². The third kappa shape index (κ3) is 8.88. The van der Waals surface area contributed by atoms with Gasteiger partial charge in [-0.15, -0.1) is 0 Å². The topological polar surface area (TPSA) is 171 Å². The molecule has 3 rings (SSSR count). The maximum Gasteiger partial charge on any atom is 0.307 e. The Morgan fingerprint density at radius 2 is 1.55 bits per heavy atom. The third-order valence-electron chi connectivity index (χ3n) is 6.65. The van der Waals surface area contributed by atoms with Crippen LogP contribution in [0.25, 0.3) is 0 Å². The van der Waals surface area contributed by atoms with Crippen LogP contribution < -0.4 is 21.7 Å². The van der Waals surface area contributed by atoms with Crippen LogP contribution in [0.2, 0.25) is 0 Å². The Kier molecular flexibility index (Phi) is 10.7. The second kappa shape index (κ2) is 14.1. The van der Waals surface area contributed by atoms with E-state index in [0.29, 0.717) is 30.4 Å². The van der Waals surface area contributed by atoms with Gasteiger partial charge in [0.05, 0.1) is 12.5 Å². The molecule has 1 aliphatic heterocycles. The van der Waals surface area contributed by atoms with Gasteiger partial charge in [-0.2, -0.15) is 0 Å². The molecule has 3 atom stereocenters. The quantitative estimate of drug-likeness (QED) is 0.319. The number of carbonyl (C=O) groups excluding carboxylic acids is 3. The zero-order valence-electron chi connectivity index (χ0n) is 21.3. The van der Waals surface area contributed by atoms with E-state index >= 15 is 0 Å². The van der Waals surface area contributed by atoms with Gasteiger partial charge < -0.3 is 31.9 Å². The second-order valence-electron chi connectivity index (χ2n) is 9.65. The summed E-state index contributed by atoms with van der Waals surface area (Å²) in [6.45, 7) is 0.122. The van der Waals surface area contributed by atoms with Gasteiger partial charge in [-0.1, -0.05) is 62.1 Å². The first-order chi connectivity index (χ1) is 18.2. The van der Waals surface area contributed by atoms with Gasteiger partial charge in [0, 0.05) is 13.0 Å². The molecule has 0 bridgehead atoms. The molecule has 10 heteroatoms. The predicted molar refractivity (Wildman–Crippen MR) is 141 cm³/mol. The number of benzene rings is 2. The van der Waals surface area contributed by atoms with Gasteiger partial charge in [0.15, 0.2) is 0 Å². The van der Waals surface area contributed by atoms with Crippen LogP contribution in [0.3, 0.4) is 0 Å². The fourth-order valence-corrected chi connectivity index (χ4v) is 4.47. The van der Waals surface area contributed by atoms with Gasteiger partial charge in [0.25, 0.3) is 0 Å². The number of aliphatic carboxylic acids is 1. The number of hydrogen-bond acceptors (Lipinski definition) is 6. The van der Waals surface area contributed by atoms with Crippen molar-refractivity contribution in [3.05, 3.63) is 65.2 Å². The number of carbonyl (C=O) groups is 4. The molecular formula is C28H36N4O6. The number of hydrogen-bond donors (Lipinski definition) is 6. The molecule has 7 N–H and O–H groups in total. The van der Waals surface area contributed by atoms with Crippen LogP contribution in [-0.4, -0.2) is 52.0 Å². The van der Waals surface area contributed by atoms with E-state index in [1.54, 1.807) is 36.4 Å². The minimum atomic E-state index is -0.967. The van der Waals surface area contributed by atoms with Crippen molar-refractivity contribution in [3.8, 4) is 5.75 Å². The molecule has 0 aliphatic carbocycles. The van der Waals surface area contributed by atoms with Crippen LogP contribution in [0, 0.1) is 0 Å². The average molecular weight is 525 g/mol. The molecule has 10 nitrogen and oxygen atoms in total. The fraction of sp³-hybridized carbons (Fsp3) is 0.429. The molecule has 1 aliphatic rings. The van der Waals surface area contributed by atoms with E-state index in [2.05, 4.69) is 16.0 Å². The molecule has 204 valence electrons. The lowest BCUT2D eigenvalue weighted by Crippen LogP contribution is -2.56. The summed E-state index contributed by atoms with van der Waals surface area (Å²) in [6.07, 6.45) is 4.05. The molecule has 2 aromatic rings. The first kappa shape index (κ1) is 28.6. The van der Waals surface area contributed by atoms with Gasteiger partial charge >= 0.3 is 5.97 Å². The van der Waals surface area contributed by atoms with Crippen molar-refractivity contribution in [1.29, 1.82) is 0 Å². The highest BCUT2D eigenvalue weighted by molar-refractivity contribution is 5.93. The van der Waals surface area contributed by atoms with Crippen LogP contribution >= 0.6 is 0 Å². The molecule has 3 amide bonds. The number of carboxylic acid groups (broad SMARTS) is 1. The van der Waals surface area contributed by atoms with Crippen molar-refractivity contribution < 1.29 is 29.4 Å². The summed E-state index contributed by atoms with van der Waals surface area (Å²) in [5.41, 5.74) is 8.06. The summed E-state index contributed by atoms with van der Waals surface area (Å²) in [7, 11) is 0. The van der Waals surface area contributed by atoms with Gasteiger partial charge in [-0.3, -0.25) is 19.2 Å². The minimum absolute atomic E-state index is 0.0841. The first-order valence-electron chi connectivity index (χ1n) is 12.9. The summed E-state index contributed by atoms with van der Waals surface area (Å²) >= 11 is 0. The van der Waals surface area contributed by atoms with Gasteiger partial charge in [0.2, 0.25) is 17.7 Å². The third-order valence-corrected chi connectivity index (χ3v) is 6.65. The van der Waals surface area contributed by atoms with E-state index in [0.717, 1.165) is 24.8 Å². The van der Waals surface area contributed by atoms with Crippen molar-refractivity contribution in [2.75, 3.05) is 0 Å². The number of nitrogens with two attached hydrogens (primary N) is 1. The number of aromatic hydroxyl groups is 1. The van der Waals surface area contributed by atoms with E-state index in [9.17, 15) is 24.3 Å². The van der Waals surface area contributed by atoms with Gasteiger partial charge in [-0.25, -0.2) is 0 Å². The van der Waals surface area contributed by atoms with Gasteiger partial charge in [-0.05, 0) is 41.7 Å². The maximum atomic E-state index is 13.3. The molecule has 1 saturated heterocycles. The number of phenolic OH excluding ortho intramolecular Hbond substituents is 1. The van der Waals surface area contributed by atoms with E-state index in [4.69, 9.17) is 10.8 Å². The number of nitrogens with one attached hydrogen (secondary N) is 3. The van der Waals surface area contributed by atoms with Crippen LogP contribution in [-0.2, 0) is 38.6 Å². The van der Waals surface area contributed by atoms with Crippen LogP contribution in [0.15, 0.2) is 48.5 Å². The lowest BCUT2D eigenvalue weighted by Gasteiger charge is -2.24. The van der Waals surface area contributed by atoms with Crippen LogP contribution in [0.5, 0.6) is 5.75 Å². The first-order valence-corrected chi connectivity index (χ1v) is 12.9. The molecule has 0 radical (unpaired) electrons. The molecule has 0 unspecified atom stereocenters. The molecule has 38 heavy (non-hydrogen) atoms. The maximum absolute atomic E-state index is 13.3. The summed E-state index contributed by atoms with van der Waals surface area (Å²) in [5.74, 6) is -2.21. The van der Waals surface area contributed by atoms with Crippen molar-refractivity contribution in [3.63, 3.8) is 0 Å². The van der Waals surface area contributed by atoms with E-state index < -0.39 is 35.9 Å².